The normalized spacial score (nSPS) is 12.5. The van der Waals surface area contributed by atoms with Crippen LogP contribution in [0.1, 0.15) is 17.5 Å². The standard InChI is InChI=1S/C15H17N5O/c1-16-12(11-6-4-3-5-7-11)10-13-18-14(19-21-13)15-17-8-9-20(15)2/h3-9,12,16H,10H2,1-2H3. The predicted octanol–water partition coefficient (Wildman–Crippen LogP) is 1.97. The topological polar surface area (TPSA) is 68.8 Å². The average Bonchev–Trinajstić information content (AvgIpc) is 3.14. The van der Waals surface area contributed by atoms with E-state index in [2.05, 4.69) is 32.6 Å². The first kappa shape index (κ1) is 13.5. The van der Waals surface area contributed by atoms with Crippen molar-refractivity contribution in [3.63, 3.8) is 0 Å². The van der Waals surface area contributed by atoms with Gasteiger partial charge < -0.3 is 14.4 Å². The highest BCUT2D eigenvalue weighted by Gasteiger charge is 2.17. The molecule has 0 aliphatic rings. The van der Waals surface area contributed by atoms with Crippen LogP contribution in [-0.2, 0) is 13.5 Å². The first-order valence-corrected chi connectivity index (χ1v) is 6.80. The van der Waals surface area contributed by atoms with Crippen LogP contribution in [0.4, 0.5) is 0 Å². The number of hydrogen-bond acceptors (Lipinski definition) is 5. The van der Waals surface area contributed by atoms with E-state index < -0.39 is 0 Å². The van der Waals surface area contributed by atoms with E-state index in [1.807, 2.05) is 43.1 Å². The van der Waals surface area contributed by atoms with Gasteiger partial charge in [0.05, 0.1) is 0 Å². The molecule has 6 heteroatoms. The second kappa shape index (κ2) is 5.88. The zero-order chi connectivity index (χ0) is 14.7. The molecule has 2 heterocycles. The average molecular weight is 283 g/mol. The van der Waals surface area contributed by atoms with Crippen LogP contribution in [0.2, 0.25) is 0 Å². The summed E-state index contributed by atoms with van der Waals surface area (Å²) < 4.78 is 7.21. The first-order valence-electron chi connectivity index (χ1n) is 6.80. The number of likely N-dealkylation sites (N-methyl/N-ethyl adjacent to an activating group) is 1. The van der Waals surface area contributed by atoms with E-state index in [-0.39, 0.29) is 6.04 Å². The SMILES string of the molecule is CNC(Cc1nc(-c2nccn2C)no1)c1ccccc1. The Morgan fingerprint density at radius 1 is 1.29 bits per heavy atom. The van der Waals surface area contributed by atoms with Crippen molar-refractivity contribution >= 4 is 0 Å². The number of nitrogens with zero attached hydrogens (tertiary/aromatic N) is 4. The van der Waals surface area contributed by atoms with E-state index in [0.717, 1.165) is 0 Å². The Kier molecular flexibility index (Phi) is 3.79. The van der Waals surface area contributed by atoms with Crippen LogP contribution >= 0.6 is 0 Å². The molecular formula is C15H17N5O. The quantitative estimate of drug-likeness (QED) is 0.775. The van der Waals surface area contributed by atoms with E-state index >= 15 is 0 Å². The number of nitrogens with one attached hydrogen (secondary N) is 1. The summed E-state index contributed by atoms with van der Waals surface area (Å²) in [6.07, 6.45) is 4.20. The lowest BCUT2D eigenvalue weighted by Gasteiger charge is -2.13. The maximum atomic E-state index is 5.34. The minimum Gasteiger partial charge on any atom is -0.339 e. The first-order chi connectivity index (χ1) is 10.3. The molecule has 2 aromatic heterocycles. The molecule has 21 heavy (non-hydrogen) atoms. The number of imidazole rings is 1. The van der Waals surface area contributed by atoms with Crippen LogP contribution in [0.3, 0.4) is 0 Å². The summed E-state index contributed by atoms with van der Waals surface area (Å²) in [5.41, 5.74) is 1.19. The number of hydrogen-bond donors (Lipinski definition) is 1. The van der Waals surface area contributed by atoms with Crippen molar-refractivity contribution in [1.82, 2.24) is 25.0 Å². The second-order valence-electron chi connectivity index (χ2n) is 4.83. The fourth-order valence-corrected chi connectivity index (χ4v) is 2.26. The zero-order valence-electron chi connectivity index (χ0n) is 12.0. The summed E-state index contributed by atoms with van der Waals surface area (Å²) in [6, 6.07) is 10.3. The molecular weight excluding hydrogens is 266 g/mol. The number of aryl methyl sites for hydroxylation is 1. The van der Waals surface area contributed by atoms with E-state index in [0.29, 0.717) is 24.0 Å². The summed E-state index contributed by atoms with van der Waals surface area (Å²) in [5.74, 6) is 1.81. The molecule has 0 saturated heterocycles. The number of rotatable bonds is 5. The van der Waals surface area contributed by atoms with E-state index in [1.165, 1.54) is 5.56 Å². The van der Waals surface area contributed by atoms with Gasteiger partial charge in [0.15, 0.2) is 5.82 Å². The van der Waals surface area contributed by atoms with Gasteiger partial charge in [-0.1, -0.05) is 35.5 Å². The summed E-state index contributed by atoms with van der Waals surface area (Å²) in [5, 5.41) is 7.28. The third-order valence-corrected chi connectivity index (χ3v) is 3.42. The van der Waals surface area contributed by atoms with Crippen LogP contribution in [0, 0.1) is 0 Å². The van der Waals surface area contributed by atoms with E-state index in [9.17, 15) is 0 Å². The lowest BCUT2D eigenvalue weighted by Crippen LogP contribution is -2.18. The molecule has 0 fully saturated rings. The van der Waals surface area contributed by atoms with E-state index in [4.69, 9.17) is 4.52 Å². The lowest BCUT2D eigenvalue weighted by molar-refractivity contribution is 0.362. The maximum absolute atomic E-state index is 5.34. The van der Waals surface area contributed by atoms with Gasteiger partial charge in [-0.15, -0.1) is 0 Å². The fraction of sp³-hybridized carbons (Fsp3) is 0.267. The van der Waals surface area contributed by atoms with Crippen molar-refractivity contribution in [2.75, 3.05) is 7.05 Å². The molecule has 0 radical (unpaired) electrons. The van der Waals surface area contributed by atoms with Crippen LogP contribution < -0.4 is 5.32 Å². The molecule has 1 aromatic carbocycles. The molecule has 1 atom stereocenters. The van der Waals surface area contributed by atoms with Gasteiger partial charge in [0.25, 0.3) is 0 Å². The van der Waals surface area contributed by atoms with Crippen molar-refractivity contribution in [2.45, 2.75) is 12.5 Å². The van der Waals surface area contributed by atoms with Crippen LogP contribution in [0.15, 0.2) is 47.2 Å². The molecule has 6 nitrogen and oxygen atoms in total. The highest BCUT2D eigenvalue weighted by molar-refractivity contribution is 5.42. The summed E-state index contributed by atoms with van der Waals surface area (Å²) >= 11 is 0. The van der Waals surface area contributed by atoms with Crippen molar-refractivity contribution in [3.05, 3.63) is 54.2 Å². The minimum atomic E-state index is 0.140. The van der Waals surface area contributed by atoms with Crippen LogP contribution in [0.25, 0.3) is 11.6 Å². The van der Waals surface area contributed by atoms with Gasteiger partial charge in [0, 0.05) is 31.9 Å². The van der Waals surface area contributed by atoms with Crippen LogP contribution in [-0.4, -0.2) is 26.7 Å². The Bertz CT molecular complexity index is 704. The third kappa shape index (κ3) is 2.85. The largest absolute Gasteiger partial charge is 0.339 e. The molecule has 3 aromatic rings. The Morgan fingerprint density at radius 3 is 2.76 bits per heavy atom. The fourth-order valence-electron chi connectivity index (χ4n) is 2.26. The summed E-state index contributed by atoms with van der Waals surface area (Å²) in [6.45, 7) is 0. The molecule has 108 valence electrons. The number of aromatic nitrogens is 4. The van der Waals surface area contributed by atoms with Gasteiger partial charge >= 0.3 is 0 Å². The van der Waals surface area contributed by atoms with Crippen molar-refractivity contribution < 1.29 is 4.52 Å². The van der Waals surface area contributed by atoms with Gasteiger partial charge in [-0.3, -0.25) is 0 Å². The Balaban J connectivity index is 1.79. The number of benzene rings is 1. The third-order valence-electron chi connectivity index (χ3n) is 3.42. The predicted molar refractivity (Wildman–Crippen MR) is 78.4 cm³/mol. The summed E-state index contributed by atoms with van der Waals surface area (Å²) in [4.78, 5) is 8.64. The van der Waals surface area contributed by atoms with Crippen LogP contribution in [0.5, 0.6) is 0 Å². The molecule has 3 rings (SSSR count). The van der Waals surface area contributed by atoms with Gasteiger partial charge in [-0.2, -0.15) is 4.98 Å². The summed E-state index contributed by atoms with van der Waals surface area (Å²) in [7, 11) is 3.83. The minimum absolute atomic E-state index is 0.140. The van der Waals surface area contributed by atoms with Crippen molar-refractivity contribution in [1.29, 1.82) is 0 Å². The molecule has 1 N–H and O–H groups in total. The zero-order valence-corrected chi connectivity index (χ0v) is 12.0. The molecule has 0 aliphatic heterocycles. The van der Waals surface area contributed by atoms with Gasteiger partial charge in [0.1, 0.15) is 0 Å². The van der Waals surface area contributed by atoms with Crippen molar-refractivity contribution in [3.8, 4) is 11.6 Å². The Hall–Kier alpha value is -2.47. The smallest absolute Gasteiger partial charge is 0.238 e. The molecule has 0 amide bonds. The van der Waals surface area contributed by atoms with E-state index in [1.54, 1.807) is 6.20 Å². The molecule has 0 bridgehead atoms. The Morgan fingerprint density at radius 2 is 2.10 bits per heavy atom. The second-order valence-corrected chi connectivity index (χ2v) is 4.83. The molecule has 0 saturated carbocycles. The monoisotopic (exact) mass is 283 g/mol. The lowest BCUT2D eigenvalue weighted by atomic mass is 10.0. The molecule has 0 aliphatic carbocycles. The molecule has 0 spiro atoms. The van der Waals surface area contributed by atoms with Gasteiger partial charge in [-0.25, -0.2) is 4.98 Å². The molecule has 1 unspecified atom stereocenters. The van der Waals surface area contributed by atoms with Crippen molar-refractivity contribution in [2.24, 2.45) is 7.05 Å². The highest BCUT2D eigenvalue weighted by Crippen LogP contribution is 2.19. The van der Waals surface area contributed by atoms with Gasteiger partial charge in [-0.05, 0) is 12.6 Å². The highest BCUT2D eigenvalue weighted by atomic mass is 16.5. The van der Waals surface area contributed by atoms with Gasteiger partial charge in [0.2, 0.25) is 11.7 Å². The maximum Gasteiger partial charge on any atom is 0.238 e. The Labute approximate surface area is 122 Å².